The van der Waals surface area contributed by atoms with Crippen LogP contribution in [0.2, 0.25) is 5.02 Å². The van der Waals surface area contributed by atoms with Gasteiger partial charge in [-0.05, 0) is 29.6 Å². The maximum atomic E-state index is 11.0. The first kappa shape index (κ1) is 24.0. The number of fused-ring (bicyclic) bond motifs is 1. The lowest BCUT2D eigenvalue weighted by molar-refractivity contribution is -0.873. The molecule has 7 nitrogen and oxygen atoms in total. The van der Waals surface area contributed by atoms with Gasteiger partial charge in [0.05, 0.1) is 61.3 Å². The van der Waals surface area contributed by atoms with Crippen LogP contribution >= 0.6 is 23.4 Å². The summed E-state index contributed by atoms with van der Waals surface area (Å²) in [5.74, 6) is -0.395. The molecule has 31 heavy (non-hydrogen) atoms. The smallest absolute Gasteiger partial charge is 0.286 e. The van der Waals surface area contributed by atoms with Gasteiger partial charge in [0.2, 0.25) is 0 Å². The molecular formula is C21H28ClN4O3S2+. The van der Waals surface area contributed by atoms with E-state index in [2.05, 4.69) is 30.7 Å². The Labute approximate surface area is 193 Å². The number of benzene rings is 1. The number of rotatable bonds is 9. The normalized spacial score (nSPS) is 15.5. The van der Waals surface area contributed by atoms with Gasteiger partial charge in [-0.3, -0.25) is 0 Å². The van der Waals surface area contributed by atoms with E-state index in [9.17, 15) is 13.0 Å². The standard InChI is InChI=1S/C21H28ClN4O3S2/c1-26(2,3)12-4-9-24-11-8-18(23-16-24)15-21-25(10-5-13-31(27,28)29)19-14-17(22)6-7-20(19)30-21/h6-8,11,14-16H,4-5,9-10,12-13H2,1-3H3/q+1. The zero-order valence-corrected chi connectivity index (χ0v) is 20.4. The molecule has 0 amide bonds. The van der Waals surface area contributed by atoms with Crippen molar-refractivity contribution in [1.82, 2.24) is 4.98 Å². The minimum Gasteiger partial charge on any atom is -0.748 e. The molecule has 1 aromatic carbocycles. The molecule has 0 atom stereocenters. The van der Waals surface area contributed by atoms with E-state index in [1.807, 2.05) is 47.8 Å². The third-order valence-corrected chi connectivity index (χ3v) is 6.91. The summed E-state index contributed by atoms with van der Waals surface area (Å²) in [7, 11) is 2.30. The molecule has 0 spiro atoms. The molecule has 10 heteroatoms. The molecular weight excluding hydrogens is 456 g/mol. The summed E-state index contributed by atoms with van der Waals surface area (Å²) in [5.41, 5.74) is 1.73. The van der Waals surface area contributed by atoms with E-state index in [1.165, 1.54) is 0 Å². The second kappa shape index (κ2) is 9.87. The van der Waals surface area contributed by atoms with Gasteiger partial charge in [-0.15, -0.1) is 0 Å². The summed E-state index contributed by atoms with van der Waals surface area (Å²) in [6, 6.07) is 7.60. The predicted molar refractivity (Wildman–Crippen MR) is 124 cm³/mol. The molecule has 2 aromatic rings. The van der Waals surface area contributed by atoms with Gasteiger partial charge >= 0.3 is 0 Å². The fourth-order valence-corrected chi connectivity index (χ4v) is 5.04. The highest BCUT2D eigenvalue weighted by Gasteiger charge is 2.26. The van der Waals surface area contributed by atoms with Gasteiger partial charge in [-0.25, -0.2) is 13.0 Å². The lowest BCUT2D eigenvalue weighted by atomic mass is 10.2. The van der Waals surface area contributed by atoms with Gasteiger partial charge in [0, 0.05) is 40.8 Å². The number of hydrogen-bond acceptors (Lipinski definition) is 6. The van der Waals surface area contributed by atoms with Crippen LogP contribution in [0.5, 0.6) is 0 Å². The molecule has 0 fully saturated rings. The molecule has 168 valence electrons. The molecule has 3 rings (SSSR count). The van der Waals surface area contributed by atoms with Gasteiger partial charge in [-0.1, -0.05) is 23.4 Å². The minimum absolute atomic E-state index is 0.240. The summed E-state index contributed by atoms with van der Waals surface area (Å²) in [6.45, 7) is 2.41. The lowest BCUT2D eigenvalue weighted by Crippen LogP contribution is -2.40. The van der Waals surface area contributed by atoms with Crippen molar-refractivity contribution in [1.29, 1.82) is 0 Å². The average molecular weight is 484 g/mol. The zero-order chi connectivity index (χ0) is 22.6. The monoisotopic (exact) mass is 483 g/mol. The third-order valence-electron chi connectivity index (χ3n) is 4.78. The Bertz CT molecular complexity index is 1050. The van der Waals surface area contributed by atoms with E-state index < -0.39 is 15.9 Å². The summed E-state index contributed by atoms with van der Waals surface area (Å²) < 4.78 is 36.0. The fraction of sp³-hybridized carbons (Fsp3) is 0.429. The van der Waals surface area contributed by atoms with E-state index in [0.29, 0.717) is 11.6 Å². The SMILES string of the molecule is C[N+](C)(C)CCC[n+]1ccc(C=C2Sc3ccc(Cl)cc3N2CCCS(=O)(=O)[O-])nc1. The quantitative estimate of drug-likeness (QED) is 0.310. The highest BCUT2D eigenvalue weighted by molar-refractivity contribution is 8.03. The highest BCUT2D eigenvalue weighted by atomic mass is 35.5. The van der Waals surface area contributed by atoms with E-state index in [1.54, 1.807) is 11.8 Å². The molecule has 0 N–H and O–H groups in total. The van der Waals surface area contributed by atoms with Gasteiger partial charge in [-0.2, -0.15) is 0 Å². The van der Waals surface area contributed by atoms with Crippen molar-refractivity contribution in [3.05, 3.63) is 52.5 Å². The van der Waals surface area contributed by atoms with Crippen LogP contribution in [0.15, 0.2) is 46.7 Å². The molecule has 2 heterocycles. The fourth-order valence-electron chi connectivity index (χ4n) is 3.28. The first-order chi connectivity index (χ1) is 14.5. The molecule has 1 aliphatic heterocycles. The summed E-state index contributed by atoms with van der Waals surface area (Å²) in [6.07, 6.45) is 7.14. The van der Waals surface area contributed by atoms with Crippen molar-refractivity contribution in [2.45, 2.75) is 24.3 Å². The Hall–Kier alpha value is -1.65. The first-order valence-corrected chi connectivity index (χ1v) is 12.8. The molecule has 0 unspecified atom stereocenters. The highest BCUT2D eigenvalue weighted by Crippen LogP contribution is 2.47. The maximum Gasteiger partial charge on any atom is 0.286 e. The van der Waals surface area contributed by atoms with Gasteiger partial charge in [0.15, 0.2) is 5.69 Å². The van der Waals surface area contributed by atoms with Gasteiger partial charge < -0.3 is 13.9 Å². The Kier molecular flexibility index (Phi) is 7.64. The predicted octanol–water partition coefficient (Wildman–Crippen LogP) is 2.96. The molecule has 1 aromatic heterocycles. The molecule has 0 saturated heterocycles. The number of anilines is 1. The van der Waals surface area contributed by atoms with Crippen LogP contribution in [0.3, 0.4) is 0 Å². The molecule has 0 radical (unpaired) electrons. The summed E-state index contributed by atoms with van der Waals surface area (Å²) >= 11 is 7.75. The average Bonchev–Trinajstić information content (AvgIpc) is 2.98. The Morgan fingerprint density at radius 2 is 2.03 bits per heavy atom. The number of hydrogen-bond donors (Lipinski definition) is 0. The second-order valence-corrected chi connectivity index (χ2v) is 11.6. The number of aryl methyl sites for hydroxylation is 1. The van der Waals surface area contributed by atoms with Crippen molar-refractivity contribution in [2.75, 3.05) is 44.9 Å². The Morgan fingerprint density at radius 3 is 2.68 bits per heavy atom. The Morgan fingerprint density at radius 1 is 1.26 bits per heavy atom. The van der Waals surface area contributed by atoms with Crippen LogP contribution in [-0.4, -0.2) is 62.4 Å². The van der Waals surface area contributed by atoms with Crippen molar-refractivity contribution in [2.24, 2.45) is 0 Å². The van der Waals surface area contributed by atoms with Crippen molar-refractivity contribution in [3.63, 3.8) is 0 Å². The summed E-state index contributed by atoms with van der Waals surface area (Å²) in [4.78, 5) is 7.60. The van der Waals surface area contributed by atoms with E-state index >= 15 is 0 Å². The second-order valence-electron chi connectivity index (χ2n) is 8.55. The van der Waals surface area contributed by atoms with E-state index in [0.717, 1.165) is 45.3 Å². The van der Waals surface area contributed by atoms with Crippen molar-refractivity contribution in [3.8, 4) is 0 Å². The van der Waals surface area contributed by atoms with Crippen LogP contribution in [0.4, 0.5) is 5.69 Å². The van der Waals surface area contributed by atoms with Crippen LogP contribution in [0.1, 0.15) is 18.5 Å². The third kappa shape index (κ3) is 7.47. The van der Waals surface area contributed by atoms with Crippen LogP contribution in [0, 0.1) is 0 Å². The number of thioether (sulfide) groups is 1. The minimum atomic E-state index is -4.24. The van der Waals surface area contributed by atoms with Crippen LogP contribution in [-0.2, 0) is 16.7 Å². The first-order valence-electron chi connectivity index (χ1n) is 10.1. The lowest BCUT2D eigenvalue weighted by Gasteiger charge is -2.23. The van der Waals surface area contributed by atoms with Gasteiger partial charge in [0.25, 0.3) is 6.33 Å². The van der Waals surface area contributed by atoms with E-state index in [-0.39, 0.29) is 6.42 Å². The molecule has 1 aliphatic rings. The van der Waals surface area contributed by atoms with Crippen LogP contribution in [0.25, 0.3) is 6.08 Å². The maximum absolute atomic E-state index is 11.0. The zero-order valence-electron chi connectivity index (χ0n) is 18.0. The molecule has 0 bridgehead atoms. The molecule has 0 aliphatic carbocycles. The van der Waals surface area contributed by atoms with E-state index in [4.69, 9.17) is 11.6 Å². The van der Waals surface area contributed by atoms with Gasteiger partial charge in [0.1, 0.15) is 0 Å². The topological polar surface area (TPSA) is 77.2 Å². The number of halogens is 1. The van der Waals surface area contributed by atoms with Crippen molar-refractivity contribution < 1.29 is 22.0 Å². The largest absolute Gasteiger partial charge is 0.748 e. The van der Waals surface area contributed by atoms with Crippen molar-refractivity contribution >= 4 is 45.2 Å². The molecule has 0 saturated carbocycles. The number of quaternary nitrogens is 1. The van der Waals surface area contributed by atoms with Crippen LogP contribution < -0.4 is 9.47 Å². The Balaban J connectivity index is 1.74. The number of nitrogens with zero attached hydrogens (tertiary/aromatic N) is 4. The number of aromatic nitrogens is 2. The summed E-state index contributed by atoms with van der Waals surface area (Å²) in [5, 5.41) is 1.53.